The summed E-state index contributed by atoms with van der Waals surface area (Å²) in [5.74, 6) is -1.02. The van der Waals surface area contributed by atoms with E-state index in [1.54, 1.807) is 0 Å². The SMILES string of the molecule is C=C/N=C(/Cl)c1cc([N+](=O)[O-])c(F)cc1N. The molecule has 5 nitrogen and oxygen atoms in total. The van der Waals surface area contributed by atoms with Gasteiger partial charge in [-0.15, -0.1) is 0 Å². The van der Waals surface area contributed by atoms with Crippen molar-refractivity contribution in [3.05, 3.63) is 46.4 Å². The minimum Gasteiger partial charge on any atom is -0.398 e. The third kappa shape index (κ3) is 2.34. The van der Waals surface area contributed by atoms with E-state index in [-0.39, 0.29) is 16.4 Å². The molecule has 0 radical (unpaired) electrons. The van der Waals surface area contributed by atoms with E-state index in [0.717, 1.165) is 18.3 Å². The second kappa shape index (κ2) is 4.71. The highest BCUT2D eigenvalue weighted by molar-refractivity contribution is 6.70. The predicted octanol–water partition coefficient (Wildman–Crippen LogP) is 2.44. The van der Waals surface area contributed by atoms with Gasteiger partial charge in [-0.3, -0.25) is 10.1 Å². The molecule has 84 valence electrons. The number of nitro groups is 1. The molecule has 0 unspecified atom stereocenters. The van der Waals surface area contributed by atoms with Gasteiger partial charge in [0, 0.05) is 29.6 Å². The van der Waals surface area contributed by atoms with E-state index in [0.29, 0.717) is 0 Å². The molecule has 1 aromatic rings. The van der Waals surface area contributed by atoms with Crippen LogP contribution in [0.1, 0.15) is 5.56 Å². The quantitative estimate of drug-likeness (QED) is 0.383. The van der Waals surface area contributed by atoms with E-state index in [1.165, 1.54) is 0 Å². The van der Waals surface area contributed by atoms with E-state index in [2.05, 4.69) is 11.6 Å². The first kappa shape index (κ1) is 12.1. The molecule has 0 spiro atoms. The number of nitrogens with zero attached hydrogens (tertiary/aromatic N) is 2. The van der Waals surface area contributed by atoms with Crippen molar-refractivity contribution in [1.29, 1.82) is 0 Å². The largest absolute Gasteiger partial charge is 0.398 e. The molecule has 0 saturated heterocycles. The number of nitrogens with two attached hydrogens (primary N) is 1. The third-order valence-corrected chi connectivity index (χ3v) is 2.04. The number of anilines is 1. The molecule has 0 aliphatic carbocycles. The second-order valence-corrected chi connectivity index (χ2v) is 3.11. The molecular weight excluding hydrogens is 237 g/mol. The summed E-state index contributed by atoms with van der Waals surface area (Å²) in [5.41, 5.74) is 4.82. The lowest BCUT2D eigenvalue weighted by Crippen LogP contribution is -2.02. The Morgan fingerprint density at radius 2 is 2.31 bits per heavy atom. The maximum absolute atomic E-state index is 13.1. The zero-order valence-electron chi connectivity index (χ0n) is 7.98. The normalized spacial score (nSPS) is 11.2. The fourth-order valence-electron chi connectivity index (χ4n) is 1.05. The number of aliphatic imine (C=N–C) groups is 1. The Labute approximate surface area is 95.2 Å². The van der Waals surface area contributed by atoms with Gasteiger partial charge in [0.25, 0.3) is 0 Å². The molecule has 7 heteroatoms. The van der Waals surface area contributed by atoms with Gasteiger partial charge in [0.2, 0.25) is 5.82 Å². The maximum Gasteiger partial charge on any atom is 0.305 e. The monoisotopic (exact) mass is 243 g/mol. The first-order valence-corrected chi connectivity index (χ1v) is 4.43. The number of hydrogen-bond acceptors (Lipinski definition) is 4. The standard InChI is InChI=1S/C9H7ClFN3O2/c1-2-13-9(10)5-3-8(14(15)16)6(11)4-7(5)12/h2-4H,1,12H2/b13-9+. The van der Waals surface area contributed by atoms with Crippen molar-refractivity contribution in [2.45, 2.75) is 0 Å². The van der Waals surface area contributed by atoms with Crippen LogP contribution < -0.4 is 5.73 Å². The average Bonchev–Trinajstić information content (AvgIpc) is 2.17. The number of nitro benzene ring substituents is 1. The Kier molecular flexibility index (Phi) is 3.57. The summed E-state index contributed by atoms with van der Waals surface area (Å²) in [4.78, 5) is 13.2. The van der Waals surface area contributed by atoms with Gasteiger partial charge in [0.1, 0.15) is 5.17 Å². The Hall–Kier alpha value is -1.95. The first-order chi connectivity index (χ1) is 7.47. The Morgan fingerprint density at radius 1 is 1.69 bits per heavy atom. The van der Waals surface area contributed by atoms with Gasteiger partial charge in [-0.25, -0.2) is 4.99 Å². The minimum atomic E-state index is -1.02. The van der Waals surface area contributed by atoms with Gasteiger partial charge >= 0.3 is 5.69 Å². The van der Waals surface area contributed by atoms with Gasteiger partial charge in [0.15, 0.2) is 0 Å². The van der Waals surface area contributed by atoms with Crippen LogP contribution in [0.15, 0.2) is 29.9 Å². The minimum absolute atomic E-state index is 0.0290. The van der Waals surface area contributed by atoms with Crippen LogP contribution in [0, 0.1) is 15.9 Å². The van der Waals surface area contributed by atoms with Crippen molar-refractivity contribution in [2.24, 2.45) is 4.99 Å². The van der Waals surface area contributed by atoms with Crippen LogP contribution in [-0.2, 0) is 0 Å². The van der Waals surface area contributed by atoms with Gasteiger partial charge in [0.05, 0.1) is 4.92 Å². The molecule has 0 aliphatic heterocycles. The van der Waals surface area contributed by atoms with Crippen molar-refractivity contribution in [1.82, 2.24) is 0 Å². The summed E-state index contributed by atoms with van der Waals surface area (Å²) >= 11 is 5.69. The topological polar surface area (TPSA) is 81.5 Å². The molecule has 0 fully saturated rings. The second-order valence-electron chi connectivity index (χ2n) is 2.75. The zero-order valence-corrected chi connectivity index (χ0v) is 8.74. The molecule has 0 atom stereocenters. The van der Waals surface area contributed by atoms with Crippen molar-refractivity contribution >= 4 is 28.1 Å². The summed E-state index contributed by atoms with van der Waals surface area (Å²) in [6, 6.07) is 1.76. The van der Waals surface area contributed by atoms with Gasteiger partial charge in [-0.2, -0.15) is 4.39 Å². The summed E-state index contributed by atoms with van der Waals surface area (Å²) in [5, 5.41) is 10.4. The van der Waals surface area contributed by atoms with Crippen LogP contribution in [0.2, 0.25) is 0 Å². The molecule has 2 N–H and O–H groups in total. The number of rotatable bonds is 3. The Morgan fingerprint density at radius 3 is 2.81 bits per heavy atom. The molecule has 0 bridgehead atoms. The lowest BCUT2D eigenvalue weighted by molar-refractivity contribution is -0.387. The van der Waals surface area contributed by atoms with E-state index >= 15 is 0 Å². The predicted molar refractivity (Wildman–Crippen MR) is 60.1 cm³/mol. The number of benzene rings is 1. The summed E-state index contributed by atoms with van der Waals surface area (Å²) in [7, 11) is 0. The highest BCUT2D eigenvalue weighted by Gasteiger charge is 2.18. The number of halogens is 2. The third-order valence-electron chi connectivity index (χ3n) is 1.74. The highest BCUT2D eigenvalue weighted by Crippen LogP contribution is 2.25. The lowest BCUT2D eigenvalue weighted by Gasteiger charge is -2.03. The van der Waals surface area contributed by atoms with E-state index in [4.69, 9.17) is 17.3 Å². The number of hydrogen-bond donors (Lipinski definition) is 1. The zero-order chi connectivity index (χ0) is 12.3. The van der Waals surface area contributed by atoms with Crippen LogP contribution in [0.3, 0.4) is 0 Å². The molecule has 1 rings (SSSR count). The molecule has 1 aromatic carbocycles. The smallest absolute Gasteiger partial charge is 0.305 e. The van der Waals surface area contributed by atoms with Crippen molar-refractivity contribution < 1.29 is 9.31 Å². The average molecular weight is 244 g/mol. The highest BCUT2D eigenvalue weighted by atomic mass is 35.5. The molecule has 0 saturated carbocycles. The molecular formula is C9H7ClFN3O2. The summed E-state index contributed by atoms with van der Waals surface area (Å²) < 4.78 is 13.1. The fraction of sp³-hybridized carbons (Fsp3) is 0. The molecule has 0 heterocycles. The van der Waals surface area contributed by atoms with Crippen LogP contribution >= 0.6 is 11.6 Å². The van der Waals surface area contributed by atoms with Crippen molar-refractivity contribution in [3.63, 3.8) is 0 Å². The summed E-state index contributed by atoms with van der Waals surface area (Å²) in [6.45, 7) is 3.31. The van der Waals surface area contributed by atoms with Gasteiger partial charge < -0.3 is 5.73 Å². The van der Waals surface area contributed by atoms with E-state index < -0.39 is 16.4 Å². The first-order valence-electron chi connectivity index (χ1n) is 4.05. The van der Waals surface area contributed by atoms with Crippen LogP contribution in [0.4, 0.5) is 15.8 Å². The molecule has 0 amide bonds. The van der Waals surface area contributed by atoms with E-state index in [1.807, 2.05) is 0 Å². The van der Waals surface area contributed by atoms with Crippen molar-refractivity contribution in [3.8, 4) is 0 Å². The fourth-order valence-corrected chi connectivity index (χ4v) is 1.28. The van der Waals surface area contributed by atoms with Crippen LogP contribution in [0.25, 0.3) is 0 Å². The summed E-state index contributed by atoms with van der Waals surface area (Å²) in [6.07, 6.45) is 1.15. The Balaban J connectivity index is 3.41. The van der Waals surface area contributed by atoms with E-state index in [9.17, 15) is 14.5 Å². The maximum atomic E-state index is 13.1. The lowest BCUT2D eigenvalue weighted by atomic mass is 10.1. The Bertz CT molecular complexity index is 488. The van der Waals surface area contributed by atoms with Gasteiger partial charge in [-0.1, -0.05) is 18.2 Å². The van der Waals surface area contributed by atoms with Crippen LogP contribution in [-0.4, -0.2) is 10.1 Å². The van der Waals surface area contributed by atoms with Crippen molar-refractivity contribution in [2.75, 3.05) is 5.73 Å². The molecule has 0 aliphatic rings. The van der Waals surface area contributed by atoms with Gasteiger partial charge in [-0.05, 0) is 0 Å². The number of nitrogen functional groups attached to an aromatic ring is 1. The molecule has 0 aromatic heterocycles. The van der Waals surface area contributed by atoms with Crippen LogP contribution in [0.5, 0.6) is 0 Å². The molecule has 16 heavy (non-hydrogen) atoms.